The molecule has 0 saturated carbocycles. The van der Waals surface area contributed by atoms with Crippen LogP contribution in [0, 0.1) is 18.3 Å². The van der Waals surface area contributed by atoms with Crippen molar-refractivity contribution in [3.63, 3.8) is 0 Å². The van der Waals surface area contributed by atoms with Gasteiger partial charge in [0.25, 0.3) is 5.56 Å². The zero-order valence-electron chi connectivity index (χ0n) is 10.2. The molecule has 2 aromatic rings. The Morgan fingerprint density at radius 3 is 2.67 bits per heavy atom. The third kappa shape index (κ3) is 1.64. The van der Waals surface area contributed by atoms with Crippen LogP contribution in [0.3, 0.4) is 0 Å². The lowest BCUT2D eigenvalue weighted by atomic mass is 10.0. The molecule has 0 radical (unpaired) electrons. The first-order chi connectivity index (χ1) is 8.51. The summed E-state index contributed by atoms with van der Waals surface area (Å²) >= 11 is 6.05. The van der Waals surface area contributed by atoms with Crippen molar-refractivity contribution in [2.24, 2.45) is 7.05 Å². The maximum absolute atomic E-state index is 12.0. The van der Waals surface area contributed by atoms with Crippen LogP contribution < -0.4 is 10.3 Å². The lowest BCUT2D eigenvalue weighted by Crippen LogP contribution is -2.21. The normalized spacial score (nSPS) is 10.4. The van der Waals surface area contributed by atoms with E-state index in [0.717, 1.165) is 5.39 Å². The van der Waals surface area contributed by atoms with E-state index in [4.69, 9.17) is 21.6 Å². The molecule has 0 atom stereocenters. The Kier molecular flexibility index (Phi) is 3.02. The van der Waals surface area contributed by atoms with E-state index in [-0.39, 0.29) is 11.1 Å². The minimum Gasteiger partial charge on any atom is -0.495 e. The molecule has 0 unspecified atom stereocenters. The molecule has 0 aliphatic carbocycles. The van der Waals surface area contributed by atoms with E-state index in [1.54, 1.807) is 26.1 Å². The van der Waals surface area contributed by atoms with Crippen LogP contribution in [-0.4, -0.2) is 11.7 Å². The molecule has 0 aliphatic heterocycles. The summed E-state index contributed by atoms with van der Waals surface area (Å²) in [6, 6.07) is 5.36. The summed E-state index contributed by atoms with van der Waals surface area (Å²) in [6.07, 6.45) is 0. The van der Waals surface area contributed by atoms with Crippen molar-refractivity contribution in [1.29, 1.82) is 5.26 Å². The summed E-state index contributed by atoms with van der Waals surface area (Å²) in [5, 5.41) is 10.3. The zero-order chi connectivity index (χ0) is 13.4. The first kappa shape index (κ1) is 12.5. The van der Waals surface area contributed by atoms with Crippen molar-refractivity contribution in [3.8, 4) is 11.8 Å². The summed E-state index contributed by atoms with van der Waals surface area (Å²) in [7, 11) is 3.14. The van der Waals surface area contributed by atoms with Crippen molar-refractivity contribution >= 4 is 22.5 Å². The summed E-state index contributed by atoms with van der Waals surface area (Å²) in [6.45, 7) is 1.75. The van der Waals surface area contributed by atoms with E-state index in [0.29, 0.717) is 21.9 Å². The van der Waals surface area contributed by atoms with Gasteiger partial charge in [0.2, 0.25) is 0 Å². The lowest BCUT2D eigenvalue weighted by Gasteiger charge is -2.12. The largest absolute Gasteiger partial charge is 0.495 e. The number of halogens is 1. The highest BCUT2D eigenvalue weighted by atomic mass is 35.5. The molecule has 1 aromatic heterocycles. The van der Waals surface area contributed by atoms with Crippen LogP contribution in [0.2, 0.25) is 5.02 Å². The van der Waals surface area contributed by atoms with Crippen LogP contribution >= 0.6 is 11.6 Å². The van der Waals surface area contributed by atoms with E-state index in [1.165, 1.54) is 11.7 Å². The fourth-order valence-electron chi connectivity index (χ4n) is 1.98. The zero-order valence-corrected chi connectivity index (χ0v) is 11.0. The van der Waals surface area contributed by atoms with Gasteiger partial charge in [-0.15, -0.1) is 0 Å². The number of ether oxygens (including phenoxy) is 1. The fraction of sp³-hybridized carbons (Fsp3) is 0.231. The number of aromatic nitrogens is 1. The molecule has 0 spiro atoms. The number of hydrogen-bond acceptors (Lipinski definition) is 3. The Morgan fingerprint density at radius 2 is 2.11 bits per heavy atom. The van der Waals surface area contributed by atoms with Crippen LogP contribution in [0.4, 0.5) is 0 Å². The van der Waals surface area contributed by atoms with Crippen LogP contribution in [0.1, 0.15) is 11.1 Å². The van der Waals surface area contributed by atoms with Gasteiger partial charge in [-0.3, -0.25) is 4.79 Å². The number of nitriles is 1. The smallest absolute Gasteiger partial charge is 0.268 e. The van der Waals surface area contributed by atoms with Crippen molar-refractivity contribution < 1.29 is 4.74 Å². The van der Waals surface area contributed by atoms with E-state index in [9.17, 15) is 4.79 Å². The summed E-state index contributed by atoms with van der Waals surface area (Å²) in [5.74, 6) is 0.523. The predicted molar refractivity (Wildman–Crippen MR) is 70.2 cm³/mol. The highest BCUT2D eigenvalue weighted by Crippen LogP contribution is 2.31. The third-order valence-corrected chi connectivity index (χ3v) is 3.34. The highest BCUT2D eigenvalue weighted by Gasteiger charge is 2.14. The van der Waals surface area contributed by atoms with E-state index < -0.39 is 0 Å². The molecular formula is C13H11ClN2O2. The molecule has 18 heavy (non-hydrogen) atoms. The first-order valence-corrected chi connectivity index (χ1v) is 5.66. The van der Waals surface area contributed by atoms with E-state index in [1.807, 2.05) is 6.07 Å². The quantitative estimate of drug-likeness (QED) is 0.793. The summed E-state index contributed by atoms with van der Waals surface area (Å²) in [5.41, 5.74) is 1.16. The Labute approximate surface area is 109 Å². The lowest BCUT2D eigenvalue weighted by molar-refractivity contribution is 0.415. The van der Waals surface area contributed by atoms with Crippen molar-refractivity contribution in [1.82, 2.24) is 4.57 Å². The average molecular weight is 263 g/mol. The van der Waals surface area contributed by atoms with E-state index in [2.05, 4.69) is 0 Å². The van der Waals surface area contributed by atoms with Gasteiger partial charge >= 0.3 is 0 Å². The summed E-state index contributed by atoms with van der Waals surface area (Å²) in [4.78, 5) is 12.0. The van der Waals surface area contributed by atoms with Gasteiger partial charge < -0.3 is 9.30 Å². The molecule has 0 amide bonds. The van der Waals surface area contributed by atoms with Gasteiger partial charge in [0.1, 0.15) is 17.4 Å². The Bertz CT molecular complexity index is 741. The van der Waals surface area contributed by atoms with Gasteiger partial charge in [-0.05, 0) is 24.6 Å². The second kappa shape index (κ2) is 4.35. The number of aryl methyl sites for hydroxylation is 2. The second-order valence-electron chi connectivity index (χ2n) is 3.98. The van der Waals surface area contributed by atoms with Crippen LogP contribution in [0.25, 0.3) is 10.9 Å². The molecular weight excluding hydrogens is 252 g/mol. The Morgan fingerprint density at radius 1 is 1.44 bits per heavy atom. The molecule has 92 valence electrons. The number of hydrogen-bond donors (Lipinski definition) is 0. The second-order valence-corrected chi connectivity index (χ2v) is 4.39. The van der Waals surface area contributed by atoms with Crippen LogP contribution in [0.15, 0.2) is 16.9 Å². The molecule has 0 N–H and O–H groups in total. The molecule has 4 nitrogen and oxygen atoms in total. The maximum atomic E-state index is 12.0. The Balaban J connectivity index is 3.05. The van der Waals surface area contributed by atoms with Crippen molar-refractivity contribution in [2.45, 2.75) is 6.92 Å². The maximum Gasteiger partial charge on any atom is 0.268 e. The molecule has 1 aromatic carbocycles. The minimum absolute atomic E-state index is 0.148. The monoisotopic (exact) mass is 262 g/mol. The average Bonchev–Trinajstić information content (AvgIpc) is 2.36. The number of pyridine rings is 1. The number of fused-ring (bicyclic) bond motifs is 1. The van der Waals surface area contributed by atoms with Crippen molar-refractivity contribution in [3.05, 3.63) is 38.6 Å². The van der Waals surface area contributed by atoms with Gasteiger partial charge in [-0.2, -0.15) is 5.26 Å². The third-order valence-electron chi connectivity index (χ3n) is 3.04. The van der Waals surface area contributed by atoms with Crippen LogP contribution in [0.5, 0.6) is 5.75 Å². The topological polar surface area (TPSA) is 55.0 Å². The van der Waals surface area contributed by atoms with Crippen molar-refractivity contribution in [2.75, 3.05) is 7.11 Å². The number of nitrogens with zero attached hydrogens (tertiary/aromatic N) is 2. The fourth-order valence-corrected chi connectivity index (χ4v) is 2.22. The number of benzene rings is 1. The minimum atomic E-state index is -0.316. The van der Waals surface area contributed by atoms with Gasteiger partial charge in [0.05, 0.1) is 17.6 Å². The van der Waals surface area contributed by atoms with Gasteiger partial charge in [-0.1, -0.05) is 11.6 Å². The first-order valence-electron chi connectivity index (χ1n) is 5.28. The number of methoxy groups -OCH3 is 1. The molecule has 1 heterocycles. The molecule has 0 aliphatic rings. The Hall–Kier alpha value is -1.99. The molecule has 0 bridgehead atoms. The standard InChI is InChI=1S/C13H11ClN2O2/c1-7-8-4-12(18-3)10(14)5-11(8)16(2)13(17)9(7)6-15/h4-5H,1-3H3. The summed E-state index contributed by atoms with van der Waals surface area (Å²) < 4.78 is 6.57. The highest BCUT2D eigenvalue weighted by molar-refractivity contribution is 6.32. The van der Waals surface area contributed by atoms with Crippen LogP contribution in [-0.2, 0) is 7.05 Å². The van der Waals surface area contributed by atoms with E-state index >= 15 is 0 Å². The molecule has 2 rings (SSSR count). The number of rotatable bonds is 1. The molecule has 0 saturated heterocycles. The van der Waals surface area contributed by atoms with Gasteiger partial charge in [0, 0.05) is 12.4 Å². The van der Waals surface area contributed by atoms with Gasteiger partial charge in [-0.25, -0.2) is 0 Å². The molecule has 5 heteroatoms. The molecule has 0 fully saturated rings. The SMILES string of the molecule is COc1cc2c(C)c(C#N)c(=O)n(C)c2cc1Cl. The van der Waals surface area contributed by atoms with Gasteiger partial charge in [0.15, 0.2) is 0 Å². The predicted octanol–water partition coefficient (Wildman–Crippen LogP) is 2.38.